The minimum atomic E-state index is -1.70. The van der Waals surface area contributed by atoms with Gasteiger partial charge in [-0.3, -0.25) is 0 Å². The zero-order valence-corrected chi connectivity index (χ0v) is 33.9. The third-order valence-corrected chi connectivity index (χ3v) is 11.1. The molecule has 0 aliphatic rings. The van der Waals surface area contributed by atoms with Gasteiger partial charge in [-0.2, -0.15) is 0 Å². The molecular weight excluding hydrogens is 643 g/mol. The largest absolute Gasteiger partial charge is 0.530 e. The Bertz CT molecular complexity index is 1170. The van der Waals surface area contributed by atoms with Gasteiger partial charge >= 0.3 is 8.60 Å². The smallest absolute Gasteiger partial charge is 0.409 e. The standard InChI is InChI=1S/C47H73O3P/c1-4-6-8-10-12-14-16-18-20-22-24-26-32-43-34-28-30-36-46(43)49-51(48-45-40-38-42(3)39-41-45)50-47-37-31-29-35-44(47)33-27-25-23-21-19-17-15-13-11-9-7-5-2/h28-31,34-41H,4-27,32-33H2,1-3H3. The molecule has 51 heavy (non-hydrogen) atoms. The lowest BCUT2D eigenvalue weighted by atomic mass is 10.0. The van der Waals surface area contributed by atoms with Crippen LogP contribution in [0.4, 0.5) is 0 Å². The maximum atomic E-state index is 6.63. The number of aryl methyl sites for hydroxylation is 3. The fourth-order valence-corrected chi connectivity index (χ4v) is 7.90. The first-order valence-electron chi connectivity index (χ1n) is 21.3. The van der Waals surface area contributed by atoms with E-state index in [2.05, 4.69) is 81.4 Å². The molecule has 0 heterocycles. The molecule has 0 unspecified atom stereocenters. The minimum Gasteiger partial charge on any atom is -0.409 e. The number of hydrogen-bond donors (Lipinski definition) is 0. The number of para-hydroxylation sites is 2. The first-order valence-corrected chi connectivity index (χ1v) is 22.4. The minimum absolute atomic E-state index is 0.767. The zero-order valence-electron chi connectivity index (χ0n) is 33.0. The molecule has 0 bridgehead atoms. The summed E-state index contributed by atoms with van der Waals surface area (Å²) in [6, 6.07) is 25.1. The van der Waals surface area contributed by atoms with Gasteiger partial charge in [0.2, 0.25) is 0 Å². The summed E-state index contributed by atoms with van der Waals surface area (Å²) in [5, 5.41) is 0. The molecule has 0 saturated heterocycles. The average molecular weight is 717 g/mol. The molecule has 0 N–H and O–H groups in total. The summed E-state index contributed by atoms with van der Waals surface area (Å²) in [7, 11) is -1.70. The molecule has 3 aromatic carbocycles. The second-order valence-electron chi connectivity index (χ2n) is 14.8. The van der Waals surface area contributed by atoms with Crippen molar-refractivity contribution in [1.82, 2.24) is 0 Å². The van der Waals surface area contributed by atoms with Crippen LogP contribution in [-0.2, 0) is 12.8 Å². The zero-order chi connectivity index (χ0) is 36.0. The molecule has 0 atom stereocenters. The highest BCUT2D eigenvalue weighted by atomic mass is 31.2. The van der Waals surface area contributed by atoms with Gasteiger partial charge in [0.15, 0.2) is 0 Å². The van der Waals surface area contributed by atoms with E-state index < -0.39 is 8.60 Å². The Labute approximate surface area is 315 Å². The molecule has 0 saturated carbocycles. The van der Waals surface area contributed by atoms with Crippen LogP contribution in [0.15, 0.2) is 72.8 Å². The van der Waals surface area contributed by atoms with Crippen molar-refractivity contribution < 1.29 is 13.6 Å². The van der Waals surface area contributed by atoms with E-state index in [0.29, 0.717) is 0 Å². The van der Waals surface area contributed by atoms with Gasteiger partial charge in [0, 0.05) is 0 Å². The summed E-state index contributed by atoms with van der Waals surface area (Å²) < 4.78 is 19.7. The van der Waals surface area contributed by atoms with Crippen LogP contribution in [0.3, 0.4) is 0 Å². The summed E-state index contributed by atoms with van der Waals surface area (Å²) in [6.07, 6.45) is 34.6. The topological polar surface area (TPSA) is 27.7 Å². The fraction of sp³-hybridized carbons (Fsp3) is 0.617. The van der Waals surface area contributed by atoms with Crippen molar-refractivity contribution in [2.75, 3.05) is 0 Å². The molecule has 0 aliphatic heterocycles. The number of rotatable bonds is 32. The van der Waals surface area contributed by atoms with Crippen LogP contribution in [0.2, 0.25) is 0 Å². The van der Waals surface area contributed by atoms with E-state index in [4.69, 9.17) is 13.6 Å². The van der Waals surface area contributed by atoms with E-state index in [1.54, 1.807) is 0 Å². The van der Waals surface area contributed by atoms with Crippen molar-refractivity contribution in [2.45, 2.75) is 188 Å². The van der Waals surface area contributed by atoms with Gasteiger partial charge in [-0.1, -0.05) is 209 Å². The van der Waals surface area contributed by atoms with Crippen molar-refractivity contribution >= 4 is 8.60 Å². The second-order valence-corrected chi connectivity index (χ2v) is 15.8. The third kappa shape index (κ3) is 20.4. The lowest BCUT2D eigenvalue weighted by Crippen LogP contribution is -2.05. The van der Waals surface area contributed by atoms with Gasteiger partial charge in [0.05, 0.1) is 0 Å². The van der Waals surface area contributed by atoms with Crippen LogP contribution in [0.1, 0.15) is 185 Å². The van der Waals surface area contributed by atoms with Gasteiger partial charge in [0.25, 0.3) is 0 Å². The molecule has 3 rings (SSSR count). The number of benzene rings is 3. The van der Waals surface area contributed by atoms with E-state index >= 15 is 0 Å². The SMILES string of the molecule is CCCCCCCCCCCCCCc1ccccc1OP(Oc1ccc(C)cc1)Oc1ccccc1CCCCCCCCCCCCCC. The maximum Gasteiger partial charge on any atom is 0.530 e. The van der Waals surface area contributed by atoms with E-state index in [1.165, 1.54) is 171 Å². The van der Waals surface area contributed by atoms with E-state index in [-0.39, 0.29) is 0 Å². The van der Waals surface area contributed by atoms with E-state index in [9.17, 15) is 0 Å². The van der Waals surface area contributed by atoms with Crippen LogP contribution in [0.5, 0.6) is 17.2 Å². The third-order valence-electron chi connectivity index (χ3n) is 10.1. The van der Waals surface area contributed by atoms with Crippen LogP contribution in [-0.4, -0.2) is 0 Å². The molecule has 3 nitrogen and oxygen atoms in total. The van der Waals surface area contributed by atoms with Crippen molar-refractivity contribution in [1.29, 1.82) is 0 Å². The summed E-state index contributed by atoms with van der Waals surface area (Å²) in [5.41, 5.74) is 3.67. The van der Waals surface area contributed by atoms with E-state index in [0.717, 1.165) is 30.1 Å². The highest BCUT2D eigenvalue weighted by Crippen LogP contribution is 2.44. The Morgan fingerprint density at radius 1 is 0.373 bits per heavy atom. The van der Waals surface area contributed by atoms with Crippen molar-refractivity contribution in [3.05, 3.63) is 89.5 Å². The van der Waals surface area contributed by atoms with Crippen molar-refractivity contribution in [3.63, 3.8) is 0 Å². The molecule has 0 amide bonds. The van der Waals surface area contributed by atoms with Crippen LogP contribution < -0.4 is 13.6 Å². The quantitative estimate of drug-likeness (QED) is 0.0475. The lowest BCUT2D eigenvalue weighted by Gasteiger charge is -2.21. The molecule has 4 heteroatoms. The first kappa shape index (κ1) is 42.9. The van der Waals surface area contributed by atoms with Gasteiger partial charge in [-0.15, -0.1) is 0 Å². The van der Waals surface area contributed by atoms with E-state index in [1.807, 2.05) is 12.1 Å². The molecule has 0 aromatic heterocycles. The first-order chi connectivity index (χ1) is 25.2. The Morgan fingerprint density at radius 2 is 0.706 bits per heavy atom. The van der Waals surface area contributed by atoms with Crippen LogP contribution in [0, 0.1) is 6.92 Å². The fourth-order valence-electron chi connectivity index (χ4n) is 6.81. The van der Waals surface area contributed by atoms with Gasteiger partial charge < -0.3 is 13.6 Å². The number of hydrogen-bond acceptors (Lipinski definition) is 3. The predicted octanol–water partition coefficient (Wildman–Crippen LogP) is 16.2. The summed E-state index contributed by atoms with van der Waals surface area (Å²) in [6.45, 7) is 6.68. The summed E-state index contributed by atoms with van der Waals surface area (Å²) in [5.74, 6) is 2.51. The molecule has 3 aromatic rings. The Balaban J connectivity index is 1.47. The number of unbranched alkanes of at least 4 members (excludes halogenated alkanes) is 22. The monoisotopic (exact) mass is 717 g/mol. The normalized spacial score (nSPS) is 11.3. The van der Waals surface area contributed by atoms with Crippen LogP contribution >= 0.6 is 8.60 Å². The molecule has 284 valence electrons. The van der Waals surface area contributed by atoms with Crippen LogP contribution in [0.25, 0.3) is 0 Å². The highest BCUT2D eigenvalue weighted by molar-refractivity contribution is 7.43. The molecule has 0 radical (unpaired) electrons. The molecular formula is C47H73O3P. The second kappa shape index (κ2) is 29.0. The summed E-state index contributed by atoms with van der Waals surface area (Å²) >= 11 is 0. The highest BCUT2D eigenvalue weighted by Gasteiger charge is 2.22. The average Bonchev–Trinajstić information content (AvgIpc) is 3.14. The van der Waals surface area contributed by atoms with Crippen molar-refractivity contribution in [3.8, 4) is 17.2 Å². The van der Waals surface area contributed by atoms with Gasteiger partial charge in [-0.05, 0) is 68.0 Å². The van der Waals surface area contributed by atoms with Gasteiger partial charge in [-0.25, -0.2) is 0 Å². The van der Waals surface area contributed by atoms with Gasteiger partial charge in [0.1, 0.15) is 17.2 Å². The Kier molecular flexibility index (Phi) is 24.4. The summed E-state index contributed by atoms with van der Waals surface area (Å²) in [4.78, 5) is 0. The Morgan fingerprint density at radius 3 is 1.08 bits per heavy atom. The molecule has 0 spiro atoms. The molecule has 0 aliphatic carbocycles. The maximum absolute atomic E-state index is 6.63. The lowest BCUT2D eigenvalue weighted by molar-refractivity contribution is 0.384. The van der Waals surface area contributed by atoms with Crippen molar-refractivity contribution in [2.24, 2.45) is 0 Å². The molecule has 0 fully saturated rings. The predicted molar refractivity (Wildman–Crippen MR) is 222 cm³/mol. The Hall–Kier alpha value is -2.51.